The first-order valence-electron chi connectivity index (χ1n) is 9.52. The third kappa shape index (κ3) is 4.64. The van der Waals surface area contributed by atoms with E-state index in [1.807, 2.05) is 36.4 Å². The molecule has 152 valence electrons. The quantitative estimate of drug-likeness (QED) is 0.773. The number of benzene rings is 2. The number of hydrogen-bond donors (Lipinski definition) is 2. The SMILES string of the molecule is CC(C)c1ccc(NC(=O)c2ccc(NC3=N[C@H]4CS(=O)(=O)C[C@@H]4S3)cc2)cc1. The number of nitrogens with zero attached hydrogens (tertiary/aromatic N) is 1. The molecule has 0 aliphatic carbocycles. The predicted octanol–water partition coefficient (Wildman–Crippen LogP) is 3.74. The summed E-state index contributed by atoms with van der Waals surface area (Å²) >= 11 is 1.47. The highest BCUT2D eigenvalue weighted by Gasteiger charge is 2.42. The highest BCUT2D eigenvalue weighted by molar-refractivity contribution is 8.15. The fraction of sp³-hybridized carbons (Fsp3) is 0.333. The summed E-state index contributed by atoms with van der Waals surface area (Å²) in [6.07, 6.45) is 0. The Bertz CT molecular complexity index is 1050. The van der Waals surface area contributed by atoms with Crippen molar-refractivity contribution in [1.29, 1.82) is 0 Å². The number of carbonyl (C=O) groups is 1. The van der Waals surface area contributed by atoms with E-state index in [1.54, 1.807) is 12.1 Å². The maximum atomic E-state index is 12.5. The second kappa shape index (κ2) is 7.84. The molecule has 2 aromatic carbocycles. The number of fused-ring (bicyclic) bond motifs is 1. The second-order valence-electron chi connectivity index (χ2n) is 7.67. The molecule has 0 aromatic heterocycles. The van der Waals surface area contributed by atoms with Crippen molar-refractivity contribution in [2.24, 2.45) is 4.99 Å². The molecule has 1 amide bonds. The Labute approximate surface area is 175 Å². The normalized spacial score (nSPS) is 22.2. The van der Waals surface area contributed by atoms with Crippen molar-refractivity contribution in [2.45, 2.75) is 31.1 Å². The minimum Gasteiger partial charge on any atom is -0.335 e. The van der Waals surface area contributed by atoms with Gasteiger partial charge in [-0.05, 0) is 47.9 Å². The van der Waals surface area contributed by atoms with E-state index in [0.717, 1.165) is 16.5 Å². The van der Waals surface area contributed by atoms with Gasteiger partial charge in [-0.15, -0.1) is 0 Å². The van der Waals surface area contributed by atoms with Crippen molar-refractivity contribution in [3.63, 3.8) is 0 Å². The van der Waals surface area contributed by atoms with Crippen molar-refractivity contribution >= 4 is 44.0 Å². The zero-order chi connectivity index (χ0) is 20.6. The van der Waals surface area contributed by atoms with Gasteiger partial charge in [-0.2, -0.15) is 0 Å². The average molecular weight is 430 g/mol. The lowest BCUT2D eigenvalue weighted by atomic mass is 10.0. The first-order chi connectivity index (χ1) is 13.8. The van der Waals surface area contributed by atoms with Gasteiger partial charge in [0.2, 0.25) is 0 Å². The van der Waals surface area contributed by atoms with Crippen LogP contribution in [-0.4, -0.2) is 42.3 Å². The fourth-order valence-electron chi connectivity index (χ4n) is 3.40. The Balaban J connectivity index is 1.36. The monoisotopic (exact) mass is 429 g/mol. The largest absolute Gasteiger partial charge is 0.335 e. The Morgan fingerprint density at radius 1 is 1.03 bits per heavy atom. The Morgan fingerprint density at radius 3 is 2.31 bits per heavy atom. The molecular weight excluding hydrogens is 406 g/mol. The van der Waals surface area contributed by atoms with Crippen LogP contribution in [0.5, 0.6) is 0 Å². The first-order valence-corrected chi connectivity index (χ1v) is 12.2. The van der Waals surface area contributed by atoms with Crippen LogP contribution >= 0.6 is 11.8 Å². The maximum absolute atomic E-state index is 12.5. The van der Waals surface area contributed by atoms with E-state index in [9.17, 15) is 13.2 Å². The summed E-state index contributed by atoms with van der Waals surface area (Å²) in [6.45, 7) is 4.26. The van der Waals surface area contributed by atoms with Crippen molar-refractivity contribution in [1.82, 2.24) is 0 Å². The van der Waals surface area contributed by atoms with E-state index in [-0.39, 0.29) is 28.7 Å². The van der Waals surface area contributed by atoms with Gasteiger partial charge in [0.15, 0.2) is 15.0 Å². The Hall–Kier alpha value is -2.32. The van der Waals surface area contributed by atoms with Gasteiger partial charge in [0.1, 0.15) is 0 Å². The van der Waals surface area contributed by atoms with Gasteiger partial charge in [-0.25, -0.2) is 8.42 Å². The topological polar surface area (TPSA) is 87.6 Å². The van der Waals surface area contributed by atoms with Crippen molar-refractivity contribution in [2.75, 3.05) is 22.1 Å². The molecule has 2 heterocycles. The standard InChI is InChI=1S/C21H23N3O3S2/c1-13(2)14-3-7-16(8-4-14)22-20(25)15-5-9-17(10-6-15)23-21-24-18-11-29(26,27)12-19(18)28-21/h3-10,13,18-19H,11-12H2,1-2H3,(H,22,25)(H,23,24)/t18-,19-/m0/s1. The predicted molar refractivity (Wildman–Crippen MR) is 120 cm³/mol. The molecular formula is C21H23N3O3S2. The third-order valence-electron chi connectivity index (χ3n) is 5.05. The molecule has 2 aliphatic heterocycles. The summed E-state index contributed by atoms with van der Waals surface area (Å²) < 4.78 is 23.3. The number of hydrogen-bond acceptors (Lipinski definition) is 6. The van der Waals surface area contributed by atoms with E-state index >= 15 is 0 Å². The molecule has 2 aromatic rings. The van der Waals surface area contributed by atoms with E-state index in [4.69, 9.17) is 0 Å². The summed E-state index contributed by atoms with van der Waals surface area (Å²) in [6, 6.07) is 14.9. The molecule has 0 saturated carbocycles. The molecule has 1 fully saturated rings. The number of amidine groups is 1. The van der Waals surface area contributed by atoms with Crippen molar-refractivity contribution in [3.05, 3.63) is 59.7 Å². The van der Waals surface area contributed by atoms with E-state index in [0.29, 0.717) is 11.5 Å². The Morgan fingerprint density at radius 2 is 1.69 bits per heavy atom. The van der Waals surface area contributed by atoms with Gasteiger partial charge >= 0.3 is 0 Å². The molecule has 6 nitrogen and oxygen atoms in total. The number of aliphatic imine (C=N–C) groups is 1. The van der Waals surface area contributed by atoms with Gasteiger partial charge < -0.3 is 10.6 Å². The summed E-state index contributed by atoms with van der Waals surface area (Å²) in [7, 11) is -2.95. The van der Waals surface area contributed by atoms with Crippen LogP contribution in [0.1, 0.15) is 35.7 Å². The van der Waals surface area contributed by atoms with Crippen LogP contribution in [0, 0.1) is 0 Å². The highest BCUT2D eigenvalue weighted by Crippen LogP contribution is 2.34. The molecule has 2 atom stereocenters. The molecule has 1 saturated heterocycles. The molecule has 0 radical (unpaired) electrons. The third-order valence-corrected chi connectivity index (χ3v) is 8.19. The molecule has 0 unspecified atom stereocenters. The Kier molecular flexibility index (Phi) is 5.40. The van der Waals surface area contributed by atoms with Crippen LogP contribution < -0.4 is 10.6 Å². The van der Waals surface area contributed by atoms with Crippen LogP contribution in [0.3, 0.4) is 0 Å². The summed E-state index contributed by atoms with van der Waals surface area (Å²) in [5.41, 5.74) is 3.37. The van der Waals surface area contributed by atoms with Crippen molar-refractivity contribution in [3.8, 4) is 0 Å². The average Bonchev–Trinajstić information content (AvgIpc) is 3.15. The summed E-state index contributed by atoms with van der Waals surface area (Å²) in [5.74, 6) is 0.606. The highest BCUT2D eigenvalue weighted by atomic mass is 32.2. The number of anilines is 2. The fourth-order valence-corrected chi connectivity index (χ4v) is 7.07. The first kappa shape index (κ1) is 20.0. The van der Waals surface area contributed by atoms with E-state index in [2.05, 4.69) is 29.5 Å². The van der Waals surface area contributed by atoms with Gasteiger partial charge in [-0.3, -0.25) is 9.79 Å². The molecule has 0 spiro atoms. The number of rotatable bonds is 4. The molecule has 0 bridgehead atoms. The van der Waals surface area contributed by atoms with Gasteiger partial charge in [0, 0.05) is 22.2 Å². The number of amides is 1. The van der Waals surface area contributed by atoms with E-state index < -0.39 is 9.84 Å². The van der Waals surface area contributed by atoms with Gasteiger partial charge in [-0.1, -0.05) is 37.7 Å². The van der Waals surface area contributed by atoms with Gasteiger partial charge in [0.05, 0.1) is 17.5 Å². The zero-order valence-corrected chi connectivity index (χ0v) is 17.9. The van der Waals surface area contributed by atoms with Crippen molar-refractivity contribution < 1.29 is 13.2 Å². The zero-order valence-electron chi connectivity index (χ0n) is 16.3. The number of sulfone groups is 1. The minimum absolute atomic E-state index is 0.00892. The molecule has 8 heteroatoms. The van der Waals surface area contributed by atoms with Crippen LogP contribution in [0.2, 0.25) is 0 Å². The van der Waals surface area contributed by atoms with Crippen LogP contribution in [0.25, 0.3) is 0 Å². The molecule has 2 aliphatic rings. The minimum atomic E-state index is -2.95. The lowest BCUT2D eigenvalue weighted by Crippen LogP contribution is -2.13. The molecule has 29 heavy (non-hydrogen) atoms. The lowest BCUT2D eigenvalue weighted by molar-refractivity contribution is 0.102. The number of thioether (sulfide) groups is 1. The second-order valence-corrected chi connectivity index (χ2v) is 11.0. The van der Waals surface area contributed by atoms with E-state index in [1.165, 1.54) is 17.3 Å². The van der Waals surface area contributed by atoms with Gasteiger partial charge in [0.25, 0.3) is 5.91 Å². The van der Waals surface area contributed by atoms with Crippen LogP contribution in [0.4, 0.5) is 11.4 Å². The lowest BCUT2D eigenvalue weighted by Gasteiger charge is -2.10. The van der Waals surface area contributed by atoms with Crippen LogP contribution in [0.15, 0.2) is 53.5 Å². The van der Waals surface area contributed by atoms with Crippen LogP contribution in [-0.2, 0) is 9.84 Å². The summed E-state index contributed by atoms with van der Waals surface area (Å²) in [5, 5.41) is 6.87. The number of carbonyl (C=O) groups excluding carboxylic acids is 1. The number of nitrogens with one attached hydrogen (secondary N) is 2. The maximum Gasteiger partial charge on any atom is 0.255 e. The summed E-state index contributed by atoms with van der Waals surface area (Å²) in [4.78, 5) is 16.9. The molecule has 4 rings (SSSR count). The smallest absolute Gasteiger partial charge is 0.255 e. The molecule has 2 N–H and O–H groups in total.